The Kier molecular flexibility index (Phi) is 5.65. The van der Waals surface area contributed by atoms with Gasteiger partial charge in [-0.3, -0.25) is 9.69 Å². The molecule has 0 saturated carbocycles. The summed E-state index contributed by atoms with van der Waals surface area (Å²) in [6.45, 7) is 5.48. The summed E-state index contributed by atoms with van der Waals surface area (Å²) in [6.07, 6.45) is 0.175. The maximum absolute atomic E-state index is 10.6. The third-order valence-electron chi connectivity index (χ3n) is 2.89. The molecule has 0 aliphatic heterocycles. The smallest absolute Gasteiger partial charge is 0.304 e. The lowest BCUT2D eigenvalue weighted by Gasteiger charge is -2.25. The van der Waals surface area contributed by atoms with Crippen molar-refractivity contribution in [2.45, 2.75) is 32.9 Å². The number of hydrogen-bond donors (Lipinski definition) is 1. The molecule has 0 unspecified atom stereocenters. The minimum absolute atomic E-state index is 0.175. The van der Waals surface area contributed by atoms with Gasteiger partial charge in [0.15, 0.2) is 0 Å². The summed E-state index contributed by atoms with van der Waals surface area (Å²) in [7, 11) is 1.64. The van der Waals surface area contributed by atoms with E-state index in [0.717, 1.165) is 17.9 Å². The van der Waals surface area contributed by atoms with E-state index in [-0.39, 0.29) is 6.42 Å². The van der Waals surface area contributed by atoms with Gasteiger partial charge >= 0.3 is 5.97 Å². The first-order valence-electron chi connectivity index (χ1n) is 6.11. The second-order valence-electron chi connectivity index (χ2n) is 4.56. The first kappa shape index (κ1) is 14.5. The highest BCUT2D eigenvalue weighted by Gasteiger charge is 2.11. The molecular formula is C14H21NO3. The van der Waals surface area contributed by atoms with Gasteiger partial charge in [-0.25, -0.2) is 0 Å². The molecule has 0 aliphatic rings. The Hall–Kier alpha value is -1.55. The van der Waals surface area contributed by atoms with Crippen molar-refractivity contribution in [3.63, 3.8) is 0 Å². The number of ether oxygens (including phenoxy) is 1. The van der Waals surface area contributed by atoms with Crippen molar-refractivity contribution < 1.29 is 14.6 Å². The molecule has 1 aromatic rings. The lowest BCUT2D eigenvalue weighted by Crippen LogP contribution is -2.32. The molecule has 1 N–H and O–H groups in total. The predicted molar refractivity (Wildman–Crippen MR) is 70.8 cm³/mol. The quantitative estimate of drug-likeness (QED) is 0.808. The van der Waals surface area contributed by atoms with Crippen molar-refractivity contribution in [3.05, 3.63) is 29.8 Å². The first-order valence-corrected chi connectivity index (χ1v) is 6.11. The number of methoxy groups -OCH3 is 1. The van der Waals surface area contributed by atoms with Crippen molar-refractivity contribution in [1.82, 2.24) is 4.90 Å². The Morgan fingerprint density at radius 2 is 1.94 bits per heavy atom. The van der Waals surface area contributed by atoms with Crippen LogP contribution in [-0.2, 0) is 11.3 Å². The van der Waals surface area contributed by atoms with E-state index in [4.69, 9.17) is 9.84 Å². The zero-order chi connectivity index (χ0) is 13.5. The second-order valence-corrected chi connectivity index (χ2v) is 4.56. The van der Waals surface area contributed by atoms with Crippen LogP contribution in [0.15, 0.2) is 24.3 Å². The highest BCUT2D eigenvalue weighted by atomic mass is 16.5. The van der Waals surface area contributed by atoms with Gasteiger partial charge in [0.05, 0.1) is 13.5 Å². The van der Waals surface area contributed by atoms with Crippen molar-refractivity contribution in [3.8, 4) is 5.75 Å². The zero-order valence-electron chi connectivity index (χ0n) is 11.2. The van der Waals surface area contributed by atoms with E-state index in [1.807, 2.05) is 24.3 Å². The number of carbonyl (C=O) groups is 1. The van der Waals surface area contributed by atoms with Crippen LogP contribution in [0.25, 0.3) is 0 Å². The SMILES string of the molecule is COc1ccc(CN(CCC(=O)O)C(C)C)cc1. The molecule has 0 radical (unpaired) electrons. The summed E-state index contributed by atoms with van der Waals surface area (Å²) in [6, 6.07) is 8.19. The van der Waals surface area contributed by atoms with E-state index in [2.05, 4.69) is 18.7 Å². The molecule has 0 aliphatic carbocycles. The Morgan fingerprint density at radius 1 is 1.33 bits per heavy atom. The van der Waals surface area contributed by atoms with E-state index < -0.39 is 5.97 Å². The molecule has 0 aromatic heterocycles. The molecule has 0 saturated heterocycles. The number of rotatable bonds is 7. The average molecular weight is 251 g/mol. The Balaban J connectivity index is 2.61. The van der Waals surface area contributed by atoms with Gasteiger partial charge in [-0.15, -0.1) is 0 Å². The van der Waals surface area contributed by atoms with Crippen molar-refractivity contribution in [1.29, 1.82) is 0 Å². The first-order chi connectivity index (χ1) is 8.52. The average Bonchev–Trinajstić information content (AvgIpc) is 2.34. The molecule has 0 atom stereocenters. The predicted octanol–water partition coefficient (Wildman–Crippen LogP) is 2.38. The zero-order valence-corrected chi connectivity index (χ0v) is 11.2. The van der Waals surface area contributed by atoms with Crippen LogP contribution in [0.1, 0.15) is 25.8 Å². The Morgan fingerprint density at radius 3 is 2.39 bits per heavy atom. The minimum atomic E-state index is -0.754. The van der Waals surface area contributed by atoms with Gasteiger partial charge in [-0.1, -0.05) is 12.1 Å². The van der Waals surface area contributed by atoms with E-state index >= 15 is 0 Å². The molecule has 1 aromatic carbocycles. The monoisotopic (exact) mass is 251 g/mol. The maximum atomic E-state index is 10.6. The third-order valence-corrected chi connectivity index (χ3v) is 2.89. The molecule has 100 valence electrons. The largest absolute Gasteiger partial charge is 0.497 e. The number of aliphatic carboxylic acids is 1. The van der Waals surface area contributed by atoms with E-state index in [0.29, 0.717) is 12.6 Å². The van der Waals surface area contributed by atoms with Crippen LogP contribution in [0, 0.1) is 0 Å². The minimum Gasteiger partial charge on any atom is -0.497 e. The number of nitrogens with zero attached hydrogens (tertiary/aromatic N) is 1. The normalized spacial score (nSPS) is 10.9. The molecule has 0 fully saturated rings. The van der Waals surface area contributed by atoms with Crippen molar-refractivity contribution >= 4 is 5.97 Å². The number of carboxylic acid groups (broad SMARTS) is 1. The molecule has 0 heterocycles. The summed E-state index contributed by atoms with van der Waals surface area (Å²) in [5.74, 6) is 0.0794. The summed E-state index contributed by atoms with van der Waals surface area (Å²) >= 11 is 0. The van der Waals surface area contributed by atoms with Crippen LogP contribution in [0.4, 0.5) is 0 Å². The van der Waals surface area contributed by atoms with Crippen LogP contribution in [0.3, 0.4) is 0 Å². The summed E-state index contributed by atoms with van der Waals surface area (Å²) in [5, 5.41) is 8.74. The fourth-order valence-corrected chi connectivity index (χ4v) is 1.72. The Bertz CT molecular complexity index is 373. The Labute approximate surface area is 108 Å². The van der Waals surface area contributed by atoms with Crippen LogP contribution in [0.2, 0.25) is 0 Å². The number of hydrogen-bond acceptors (Lipinski definition) is 3. The molecule has 4 heteroatoms. The summed E-state index contributed by atoms with van der Waals surface area (Å²) in [4.78, 5) is 12.8. The fourth-order valence-electron chi connectivity index (χ4n) is 1.72. The van der Waals surface area contributed by atoms with E-state index in [9.17, 15) is 4.79 Å². The van der Waals surface area contributed by atoms with E-state index in [1.54, 1.807) is 7.11 Å². The molecule has 0 spiro atoms. The molecule has 18 heavy (non-hydrogen) atoms. The fraction of sp³-hybridized carbons (Fsp3) is 0.500. The third kappa shape index (κ3) is 4.75. The van der Waals surface area contributed by atoms with Gasteiger partial charge in [0.25, 0.3) is 0 Å². The molecular weight excluding hydrogens is 230 g/mol. The highest BCUT2D eigenvalue weighted by molar-refractivity contribution is 5.66. The van der Waals surface area contributed by atoms with Crippen molar-refractivity contribution in [2.24, 2.45) is 0 Å². The van der Waals surface area contributed by atoms with Crippen LogP contribution in [0.5, 0.6) is 5.75 Å². The second kappa shape index (κ2) is 7.01. The number of benzene rings is 1. The van der Waals surface area contributed by atoms with Gasteiger partial charge in [-0.05, 0) is 31.5 Å². The topological polar surface area (TPSA) is 49.8 Å². The highest BCUT2D eigenvalue weighted by Crippen LogP contribution is 2.14. The maximum Gasteiger partial charge on any atom is 0.304 e. The molecule has 0 bridgehead atoms. The summed E-state index contributed by atoms with van der Waals surface area (Å²) < 4.78 is 5.11. The lowest BCUT2D eigenvalue weighted by molar-refractivity contribution is -0.137. The van der Waals surface area contributed by atoms with Gasteiger partial charge in [0.1, 0.15) is 5.75 Å². The van der Waals surface area contributed by atoms with Gasteiger partial charge in [0.2, 0.25) is 0 Å². The van der Waals surface area contributed by atoms with Gasteiger partial charge < -0.3 is 9.84 Å². The van der Waals surface area contributed by atoms with Gasteiger partial charge in [-0.2, -0.15) is 0 Å². The molecule has 1 rings (SSSR count). The molecule has 0 amide bonds. The standard InChI is InChI=1S/C14H21NO3/c1-11(2)15(9-8-14(16)17)10-12-4-6-13(18-3)7-5-12/h4-7,11H,8-10H2,1-3H3,(H,16,17). The van der Waals surface area contributed by atoms with Crippen LogP contribution < -0.4 is 4.74 Å². The van der Waals surface area contributed by atoms with Crippen LogP contribution in [-0.4, -0.2) is 35.7 Å². The van der Waals surface area contributed by atoms with Crippen LogP contribution >= 0.6 is 0 Å². The number of carboxylic acids is 1. The van der Waals surface area contributed by atoms with E-state index in [1.165, 1.54) is 0 Å². The summed E-state index contributed by atoms with van der Waals surface area (Å²) in [5.41, 5.74) is 1.16. The molecule has 4 nitrogen and oxygen atoms in total. The van der Waals surface area contributed by atoms with Gasteiger partial charge in [0, 0.05) is 19.1 Å². The van der Waals surface area contributed by atoms with Crippen molar-refractivity contribution in [2.75, 3.05) is 13.7 Å². The lowest BCUT2D eigenvalue weighted by atomic mass is 10.1.